The molecule has 4 nitrogen and oxygen atoms in total. The summed E-state index contributed by atoms with van der Waals surface area (Å²) in [6.07, 6.45) is 4.05. The molecule has 98 valence electrons. The normalized spacial score (nSPS) is 10.8. The monoisotopic (exact) mass is 339 g/mol. The van der Waals surface area contributed by atoms with E-state index in [0.717, 1.165) is 15.4 Å². The average Bonchev–Trinajstić information content (AvgIpc) is 2.81. The van der Waals surface area contributed by atoms with E-state index in [1.54, 1.807) is 29.7 Å². The van der Waals surface area contributed by atoms with Crippen molar-refractivity contribution in [1.29, 1.82) is 0 Å². The van der Waals surface area contributed by atoms with Gasteiger partial charge in [-0.15, -0.1) is 11.3 Å². The third kappa shape index (κ3) is 4.18. The van der Waals surface area contributed by atoms with Crippen LogP contribution in [0.4, 0.5) is 0 Å². The summed E-state index contributed by atoms with van der Waals surface area (Å²) < 4.78 is 6.62. The summed E-state index contributed by atoms with van der Waals surface area (Å²) in [6, 6.07) is 5.44. The number of carboxylic acid groups (broad SMARTS) is 1. The molecule has 0 aliphatic carbocycles. The molecule has 19 heavy (non-hydrogen) atoms. The van der Waals surface area contributed by atoms with Crippen LogP contribution in [0.5, 0.6) is 5.75 Å². The minimum Gasteiger partial charge on any atom is -0.486 e. The first-order chi connectivity index (χ1) is 9.15. The van der Waals surface area contributed by atoms with Gasteiger partial charge in [0, 0.05) is 10.5 Å². The second-order valence-corrected chi connectivity index (χ2v) is 5.43. The highest BCUT2D eigenvalue weighted by molar-refractivity contribution is 9.10. The lowest BCUT2D eigenvalue weighted by molar-refractivity contribution is -0.131. The summed E-state index contributed by atoms with van der Waals surface area (Å²) in [5.41, 5.74) is 0.576. The van der Waals surface area contributed by atoms with Gasteiger partial charge in [0.1, 0.15) is 12.4 Å². The Morgan fingerprint density at radius 2 is 2.32 bits per heavy atom. The number of halogens is 1. The molecule has 2 aromatic heterocycles. The van der Waals surface area contributed by atoms with Crippen molar-refractivity contribution in [3.63, 3.8) is 0 Å². The molecule has 2 rings (SSSR count). The van der Waals surface area contributed by atoms with E-state index in [-0.39, 0.29) is 0 Å². The first kappa shape index (κ1) is 13.8. The van der Waals surface area contributed by atoms with Crippen molar-refractivity contribution in [3.8, 4) is 5.75 Å². The molecule has 0 radical (unpaired) electrons. The van der Waals surface area contributed by atoms with Crippen LogP contribution in [0.25, 0.3) is 6.08 Å². The Morgan fingerprint density at radius 3 is 2.89 bits per heavy atom. The Hall–Kier alpha value is -1.66. The van der Waals surface area contributed by atoms with Gasteiger partial charge in [-0.3, -0.25) is 4.98 Å². The molecular formula is C13H10BrNO3S. The maximum absolute atomic E-state index is 10.4. The van der Waals surface area contributed by atoms with Crippen LogP contribution in [0.1, 0.15) is 10.6 Å². The van der Waals surface area contributed by atoms with Gasteiger partial charge >= 0.3 is 5.97 Å². The average molecular weight is 340 g/mol. The molecule has 2 heterocycles. The summed E-state index contributed by atoms with van der Waals surface area (Å²) >= 11 is 5.05. The van der Waals surface area contributed by atoms with Crippen LogP contribution in [0.3, 0.4) is 0 Å². The lowest BCUT2D eigenvalue weighted by Crippen LogP contribution is -1.94. The summed E-state index contributed by atoms with van der Waals surface area (Å²) in [5, 5.41) is 10.5. The number of rotatable bonds is 5. The molecule has 1 N–H and O–H groups in total. The lowest BCUT2D eigenvalue weighted by Gasteiger charge is -2.04. The Balaban J connectivity index is 1.95. The zero-order valence-electron chi connectivity index (χ0n) is 9.75. The second kappa shape index (κ2) is 6.49. The van der Waals surface area contributed by atoms with Gasteiger partial charge < -0.3 is 9.84 Å². The standard InChI is InChI=1S/C13H10BrNO3S/c14-11-5-6-19-12(11)8-18-10-3-1-9(15-7-10)2-4-13(16)17/h1-7H,8H2,(H,16,17). The van der Waals surface area contributed by atoms with Crippen LogP contribution in [-0.2, 0) is 11.4 Å². The second-order valence-electron chi connectivity index (χ2n) is 3.57. The maximum atomic E-state index is 10.4. The number of nitrogens with zero attached hydrogens (tertiary/aromatic N) is 1. The van der Waals surface area contributed by atoms with Crippen LogP contribution in [0.15, 0.2) is 40.3 Å². The van der Waals surface area contributed by atoms with Gasteiger partial charge in [0.2, 0.25) is 0 Å². The Kier molecular flexibility index (Phi) is 4.70. The minimum absolute atomic E-state index is 0.476. The van der Waals surface area contributed by atoms with E-state index in [0.29, 0.717) is 18.1 Å². The van der Waals surface area contributed by atoms with Crippen LogP contribution in [0, 0.1) is 0 Å². The number of hydrogen-bond donors (Lipinski definition) is 1. The number of aliphatic carboxylic acids is 1. The lowest BCUT2D eigenvalue weighted by atomic mass is 10.3. The topological polar surface area (TPSA) is 59.4 Å². The van der Waals surface area contributed by atoms with Crippen LogP contribution >= 0.6 is 27.3 Å². The van der Waals surface area contributed by atoms with Crippen molar-refractivity contribution in [2.75, 3.05) is 0 Å². The minimum atomic E-state index is -0.996. The highest BCUT2D eigenvalue weighted by Crippen LogP contribution is 2.24. The molecule has 2 aromatic rings. The fourth-order valence-electron chi connectivity index (χ4n) is 1.31. The summed E-state index contributed by atoms with van der Waals surface area (Å²) in [5.74, 6) is -0.350. The van der Waals surface area contributed by atoms with Gasteiger partial charge in [-0.2, -0.15) is 0 Å². The quantitative estimate of drug-likeness (QED) is 0.845. The van der Waals surface area contributed by atoms with E-state index in [4.69, 9.17) is 9.84 Å². The summed E-state index contributed by atoms with van der Waals surface area (Å²) in [4.78, 5) is 15.6. The van der Waals surface area contributed by atoms with E-state index < -0.39 is 5.97 Å². The number of carboxylic acids is 1. The SMILES string of the molecule is O=C(O)C=Cc1ccc(OCc2sccc2Br)cn1. The van der Waals surface area contributed by atoms with Crippen LogP contribution in [0.2, 0.25) is 0 Å². The number of ether oxygens (including phenoxy) is 1. The fraction of sp³-hybridized carbons (Fsp3) is 0.0769. The molecule has 0 aliphatic rings. The molecule has 0 spiro atoms. The van der Waals surface area contributed by atoms with E-state index in [9.17, 15) is 4.79 Å². The van der Waals surface area contributed by atoms with Crippen molar-refractivity contribution >= 4 is 39.3 Å². The third-order valence-corrected chi connectivity index (χ3v) is 4.12. The Labute approximate surface area is 122 Å². The van der Waals surface area contributed by atoms with Crippen molar-refractivity contribution in [2.24, 2.45) is 0 Å². The number of thiophene rings is 1. The molecule has 0 saturated carbocycles. The van der Waals surface area contributed by atoms with Crippen LogP contribution in [-0.4, -0.2) is 16.1 Å². The largest absolute Gasteiger partial charge is 0.486 e. The smallest absolute Gasteiger partial charge is 0.328 e. The molecule has 0 amide bonds. The molecule has 0 aliphatic heterocycles. The van der Waals surface area contributed by atoms with Gasteiger partial charge in [0.15, 0.2) is 0 Å². The predicted octanol–water partition coefficient (Wildman–Crippen LogP) is 3.58. The Bertz CT molecular complexity index is 592. The first-order valence-electron chi connectivity index (χ1n) is 5.37. The molecule has 0 bridgehead atoms. The van der Waals surface area contributed by atoms with Gasteiger partial charge in [0.25, 0.3) is 0 Å². The zero-order valence-corrected chi connectivity index (χ0v) is 12.1. The van der Waals surface area contributed by atoms with Crippen molar-refractivity contribution in [3.05, 3.63) is 50.9 Å². The number of hydrogen-bond acceptors (Lipinski definition) is 4. The van der Waals surface area contributed by atoms with Gasteiger partial charge in [-0.1, -0.05) is 0 Å². The first-order valence-corrected chi connectivity index (χ1v) is 7.04. The molecule has 0 aromatic carbocycles. The highest BCUT2D eigenvalue weighted by atomic mass is 79.9. The molecule has 0 atom stereocenters. The van der Waals surface area contributed by atoms with Gasteiger partial charge in [-0.25, -0.2) is 4.79 Å². The molecule has 6 heteroatoms. The number of pyridine rings is 1. The van der Waals surface area contributed by atoms with E-state index in [2.05, 4.69) is 20.9 Å². The zero-order chi connectivity index (χ0) is 13.7. The molecule has 0 unspecified atom stereocenters. The Morgan fingerprint density at radius 1 is 1.47 bits per heavy atom. The molecular weight excluding hydrogens is 330 g/mol. The highest BCUT2D eigenvalue weighted by Gasteiger charge is 2.02. The summed E-state index contributed by atoms with van der Waals surface area (Å²) in [6.45, 7) is 0.476. The van der Waals surface area contributed by atoms with Gasteiger partial charge in [-0.05, 0) is 45.6 Å². The molecule has 0 saturated heterocycles. The third-order valence-electron chi connectivity index (χ3n) is 2.22. The van der Waals surface area contributed by atoms with E-state index >= 15 is 0 Å². The fourth-order valence-corrected chi connectivity index (χ4v) is 2.69. The maximum Gasteiger partial charge on any atom is 0.328 e. The summed E-state index contributed by atoms with van der Waals surface area (Å²) in [7, 11) is 0. The van der Waals surface area contributed by atoms with Crippen molar-refractivity contribution in [2.45, 2.75) is 6.61 Å². The number of carbonyl (C=O) groups is 1. The van der Waals surface area contributed by atoms with E-state index in [1.807, 2.05) is 11.4 Å². The van der Waals surface area contributed by atoms with E-state index in [1.165, 1.54) is 6.08 Å². The van der Waals surface area contributed by atoms with Crippen molar-refractivity contribution < 1.29 is 14.6 Å². The molecule has 0 fully saturated rings. The number of aromatic nitrogens is 1. The predicted molar refractivity (Wildman–Crippen MR) is 77.3 cm³/mol. The van der Waals surface area contributed by atoms with Crippen molar-refractivity contribution in [1.82, 2.24) is 4.98 Å². The van der Waals surface area contributed by atoms with Gasteiger partial charge in [0.05, 0.1) is 16.8 Å². The van der Waals surface area contributed by atoms with Crippen LogP contribution < -0.4 is 4.74 Å².